The first-order chi connectivity index (χ1) is 21.3. The van der Waals surface area contributed by atoms with Gasteiger partial charge in [-0.2, -0.15) is 8.99 Å². The summed E-state index contributed by atoms with van der Waals surface area (Å²) < 4.78 is 72.3. The molecule has 3 aromatic rings. The molecule has 1 aromatic heterocycles. The molecule has 1 aliphatic heterocycles. The summed E-state index contributed by atoms with van der Waals surface area (Å²) in [5.41, 5.74) is 1.21. The van der Waals surface area contributed by atoms with Gasteiger partial charge in [-0.15, -0.1) is 5.10 Å². The quantitative estimate of drug-likeness (QED) is 0.300. The third-order valence-electron chi connectivity index (χ3n) is 6.94. The Morgan fingerprint density at radius 2 is 1.82 bits per heavy atom. The number of likely N-dealkylation sites (N-methyl/N-ethyl adjacent to an activating group) is 1. The highest BCUT2D eigenvalue weighted by atomic mass is 32.2. The number of amides is 1. The van der Waals surface area contributed by atoms with Gasteiger partial charge in [0.15, 0.2) is 5.82 Å². The molecule has 0 aliphatic carbocycles. The predicted octanol–water partition coefficient (Wildman–Crippen LogP) is 3.16. The fourth-order valence-corrected chi connectivity index (χ4v) is 6.22. The summed E-state index contributed by atoms with van der Waals surface area (Å²) in [6, 6.07) is 6.74. The number of halogens is 2. The van der Waals surface area contributed by atoms with Crippen LogP contribution < -0.4 is 15.4 Å². The first-order valence-electron chi connectivity index (χ1n) is 14.0. The Kier molecular flexibility index (Phi) is 10.7. The topological polar surface area (TPSA) is 144 Å². The summed E-state index contributed by atoms with van der Waals surface area (Å²) in [6.45, 7) is 2.87. The van der Waals surface area contributed by atoms with E-state index >= 15 is 0 Å². The predicted molar refractivity (Wildman–Crippen MR) is 161 cm³/mol. The Morgan fingerprint density at radius 1 is 1.11 bits per heavy atom. The number of carbonyl (C=O) groups is 2. The van der Waals surface area contributed by atoms with Crippen molar-refractivity contribution in [3.63, 3.8) is 0 Å². The number of hydrogen-bond donors (Lipinski definition) is 2. The van der Waals surface area contributed by atoms with E-state index in [4.69, 9.17) is 14.2 Å². The van der Waals surface area contributed by atoms with Crippen LogP contribution in [0.5, 0.6) is 5.75 Å². The maximum absolute atomic E-state index is 13.9. The van der Waals surface area contributed by atoms with E-state index in [0.29, 0.717) is 43.0 Å². The largest absolute Gasteiger partial charge is 0.492 e. The second kappa shape index (κ2) is 14.3. The summed E-state index contributed by atoms with van der Waals surface area (Å²) in [4.78, 5) is 27.6. The number of methoxy groups -OCH3 is 2. The lowest BCUT2D eigenvalue weighted by Gasteiger charge is -2.27. The van der Waals surface area contributed by atoms with Gasteiger partial charge in [0.05, 0.1) is 35.6 Å². The van der Waals surface area contributed by atoms with Gasteiger partial charge in [-0.1, -0.05) is 0 Å². The second-order valence-electron chi connectivity index (χ2n) is 10.7. The van der Waals surface area contributed by atoms with Crippen LogP contribution in [-0.4, -0.2) is 100 Å². The molecule has 1 amide bonds. The number of anilines is 2. The van der Waals surface area contributed by atoms with Gasteiger partial charge < -0.3 is 29.7 Å². The van der Waals surface area contributed by atoms with E-state index in [0.717, 1.165) is 28.2 Å². The van der Waals surface area contributed by atoms with Gasteiger partial charge in [-0.05, 0) is 45.3 Å². The lowest BCUT2D eigenvalue weighted by atomic mass is 10.1. The summed E-state index contributed by atoms with van der Waals surface area (Å²) in [5, 5.41) is 10.2. The van der Waals surface area contributed by atoms with Crippen LogP contribution in [0, 0.1) is 11.6 Å². The van der Waals surface area contributed by atoms with Crippen molar-refractivity contribution < 1.29 is 41.0 Å². The Bertz CT molecular complexity index is 1640. The van der Waals surface area contributed by atoms with E-state index in [-0.39, 0.29) is 42.5 Å². The smallest absolute Gasteiger partial charge is 0.434 e. The first kappa shape index (κ1) is 33.8. The monoisotopic (exact) mass is 650 g/mol. The van der Waals surface area contributed by atoms with Gasteiger partial charge in [0.25, 0.3) is 5.91 Å². The zero-order valence-corrected chi connectivity index (χ0v) is 26.4. The van der Waals surface area contributed by atoms with Crippen LogP contribution in [0.2, 0.25) is 0 Å². The van der Waals surface area contributed by atoms with Crippen molar-refractivity contribution in [2.75, 3.05) is 65.3 Å². The molecular weight excluding hydrogens is 614 g/mol. The first-order valence-corrected chi connectivity index (χ1v) is 15.4. The van der Waals surface area contributed by atoms with Gasteiger partial charge in [0, 0.05) is 56.9 Å². The van der Waals surface area contributed by atoms with Gasteiger partial charge >= 0.3 is 6.09 Å². The number of sulfonamides is 1. The van der Waals surface area contributed by atoms with Crippen LogP contribution in [0.3, 0.4) is 0 Å². The molecule has 1 atom stereocenters. The maximum Gasteiger partial charge on any atom is 0.434 e. The third kappa shape index (κ3) is 7.94. The minimum absolute atomic E-state index is 0.00462. The van der Waals surface area contributed by atoms with Crippen LogP contribution in [0.4, 0.5) is 25.1 Å². The van der Waals surface area contributed by atoms with Crippen molar-refractivity contribution in [3.8, 4) is 5.75 Å². The molecule has 0 radical (unpaired) electrons. The molecule has 0 fully saturated rings. The average Bonchev–Trinajstić information content (AvgIpc) is 3.33. The molecule has 16 heteroatoms. The lowest BCUT2D eigenvalue weighted by Crippen LogP contribution is -2.37. The summed E-state index contributed by atoms with van der Waals surface area (Å²) in [7, 11) is 2.21. The van der Waals surface area contributed by atoms with Crippen molar-refractivity contribution in [2.45, 2.75) is 30.8 Å². The molecule has 244 valence electrons. The Labute approximate surface area is 260 Å². The highest BCUT2D eigenvalue weighted by Crippen LogP contribution is 2.32. The van der Waals surface area contributed by atoms with E-state index < -0.39 is 38.6 Å². The summed E-state index contributed by atoms with van der Waals surface area (Å²) >= 11 is 0. The maximum atomic E-state index is 13.9. The third-order valence-corrected chi connectivity index (χ3v) is 8.76. The Balaban J connectivity index is 1.67. The second-order valence-corrected chi connectivity index (χ2v) is 12.6. The van der Waals surface area contributed by atoms with Crippen molar-refractivity contribution in [3.05, 3.63) is 64.9 Å². The molecule has 2 heterocycles. The highest BCUT2D eigenvalue weighted by Gasteiger charge is 2.35. The van der Waals surface area contributed by atoms with E-state index in [9.17, 15) is 26.8 Å². The molecule has 0 saturated carbocycles. The number of aromatic nitrogens is 2. The lowest BCUT2D eigenvalue weighted by molar-refractivity contribution is 0.102. The van der Waals surface area contributed by atoms with E-state index in [1.807, 2.05) is 25.9 Å². The zero-order valence-electron chi connectivity index (χ0n) is 25.6. The number of nitrogens with zero attached hydrogens (tertiary/aromatic N) is 4. The minimum atomic E-state index is -4.36. The fourth-order valence-electron chi connectivity index (χ4n) is 4.77. The Morgan fingerprint density at radius 3 is 2.47 bits per heavy atom. The molecule has 0 bridgehead atoms. The summed E-state index contributed by atoms with van der Waals surface area (Å²) in [6.07, 6.45) is -0.838. The summed E-state index contributed by atoms with van der Waals surface area (Å²) in [5.74, 6) is -2.24. The molecule has 0 unspecified atom stereocenters. The van der Waals surface area contributed by atoms with Crippen molar-refractivity contribution >= 4 is 33.5 Å². The normalized spacial score (nSPS) is 14.1. The van der Waals surface area contributed by atoms with Crippen LogP contribution in [0.1, 0.15) is 28.5 Å². The van der Waals surface area contributed by atoms with Gasteiger partial charge in [0.2, 0.25) is 10.0 Å². The molecule has 0 saturated heterocycles. The molecule has 13 nitrogen and oxygen atoms in total. The van der Waals surface area contributed by atoms with Gasteiger partial charge in [-0.25, -0.2) is 22.0 Å². The average molecular weight is 651 g/mol. The van der Waals surface area contributed by atoms with E-state index in [1.165, 1.54) is 0 Å². The number of nitrogens with one attached hydrogen (secondary N) is 2. The molecule has 4 rings (SSSR count). The van der Waals surface area contributed by atoms with Crippen molar-refractivity contribution in [1.82, 2.24) is 19.0 Å². The van der Waals surface area contributed by atoms with Gasteiger partial charge in [0.1, 0.15) is 24.0 Å². The highest BCUT2D eigenvalue weighted by molar-refractivity contribution is 7.89. The number of rotatable bonds is 12. The van der Waals surface area contributed by atoms with Crippen LogP contribution in [-0.2, 0) is 32.5 Å². The number of carbonyl (C=O) groups excluding carboxylic acids is 2. The van der Waals surface area contributed by atoms with Crippen LogP contribution in [0.25, 0.3) is 0 Å². The van der Waals surface area contributed by atoms with Crippen molar-refractivity contribution in [1.29, 1.82) is 0 Å². The molecule has 2 N–H and O–H groups in total. The molecule has 2 aromatic carbocycles. The van der Waals surface area contributed by atoms with E-state index in [1.54, 1.807) is 25.3 Å². The van der Waals surface area contributed by atoms with Crippen LogP contribution in [0.15, 0.2) is 41.3 Å². The molecule has 0 spiro atoms. The number of hydrogen-bond acceptors (Lipinski definition) is 10. The number of benzene rings is 2. The molecule has 1 aliphatic rings. The number of ether oxygens (including phenoxy) is 3. The fraction of sp³-hybridized carbons (Fsp3) is 0.414. The molecule has 45 heavy (non-hydrogen) atoms. The Hall–Kier alpha value is -4.12. The molecular formula is C29H36F2N6O7S. The minimum Gasteiger partial charge on any atom is -0.492 e. The van der Waals surface area contributed by atoms with Crippen molar-refractivity contribution in [2.24, 2.45) is 0 Å². The van der Waals surface area contributed by atoms with E-state index in [2.05, 4.69) is 15.7 Å². The SMILES string of the molecule is COC[C@@H](C)Nc1cc(OCCN(C)C)ccc1C(=O)Nc1nn(C(=O)OC)c2c1CN(S(=O)(=O)c1cc(F)cc(F)c1)CC2. The van der Waals surface area contributed by atoms with Gasteiger partial charge in [-0.3, -0.25) is 4.79 Å². The standard InChI is InChI=1S/C29H36F2N6O7S/c1-18(17-42-4)32-25-15-21(44-11-10-35(2)3)6-7-23(25)28(38)33-27-24-16-36(9-8-26(24)37(34-27)29(39)43-5)45(40,41)22-13-19(30)12-20(31)14-22/h6-7,12-15,18,32H,8-11,16-17H2,1-5H3,(H,33,34,38)/t18-/m1/s1. The van der Waals surface area contributed by atoms with Crippen LogP contribution >= 0.6 is 0 Å². The zero-order chi connectivity index (χ0) is 32.9. The number of fused-ring (bicyclic) bond motifs is 1.